The lowest BCUT2D eigenvalue weighted by molar-refractivity contribution is -0.125. The zero-order valence-electron chi connectivity index (χ0n) is 9.17. The number of phenolic OH excluding ortho intramolecular Hbond substituents is 1. The summed E-state index contributed by atoms with van der Waals surface area (Å²) < 4.78 is 13.0. The fraction of sp³-hybridized carbons (Fsp3) is 0.417. The second-order valence-corrected chi connectivity index (χ2v) is 4.64. The Bertz CT molecular complexity index is 378. The highest BCUT2D eigenvalue weighted by molar-refractivity contribution is 5.85. The summed E-state index contributed by atoms with van der Waals surface area (Å²) >= 11 is 0. The molecular formula is C12H15FO2. The third-order valence-corrected chi connectivity index (χ3v) is 2.21. The van der Waals surface area contributed by atoms with Crippen molar-refractivity contribution in [2.24, 2.45) is 5.41 Å². The molecule has 1 N–H and O–H groups in total. The summed E-state index contributed by atoms with van der Waals surface area (Å²) in [5, 5.41) is 8.98. The van der Waals surface area contributed by atoms with E-state index in [2.05, 4.69) is 0 Å². The topological polar surface area (TPSA) is 37.3 Å². The molecule has 0 radical (unpaired) electrons. The van der Waals surface area contributed by atoms with Crippen LogP contribution in [0.2, 0.25) is 0 Å². The average molecular weight is 210 g/mol. The Hall–Kier alpha value is -1.38. The Morgan fingerprint density at radius 3 is 2.47 bits per heavy atom. The van der Waals surface area contributed by atoms with Gasteiger partial charge in [-0.1, -0.05) is 26.8 Å². The number of carbonyl (C=O) groups is 1. The minimum atomic E-state index is -0.686. The summed E-state index contributed by atoms with van der Waals surface area (Å²) in [5.41, 5.74) is 0.166. The first-order chi connectivity index (χ1) is 6.80. The minimum absolute atomic E-state index is 0.0487. The lowest BCUT2D eigenvalue weighted by atomic mass is 9.87. The zero-order valence-corrected chi connectivity index (χ0v) is 9.17. The van der Waals surface area contributed by atoms with Crippen LogP contribution in [0.4, 0.5) is 4.39 Å². The minimum Gasteiger partial charge on any atom is -0.505 e. The monoisotopic (exact) mass is 210 g/mol. The second kappa shape index (κ2) is 4.01. The van der Waals surface area contributed by atoms with Gasteiger partial charge in [-0.3, -0.25) is 4.79 Å². The average Bonchev–Trinajstić information content (AvgIpc) is 2.10. The molecule has 0 amide bonds. The molecule has 3 heteroatoms. The first kappa shape index (κ1) is 11.7. The maximum atomic E-state index is 13.0. The van der Waals surface area contributed by atoms with Gasteiger partial charge in [-0.2, -0.15) is 0 Å². The van der Waals surface area contributed by atoms with Gasteiger partial charge in [0.25, 0.3) is 0 Å². The van der Waals surface area contributed by atoms with E-state index in [1.807, 2.05) is 20.8 Å². The number of hydrogen-bond acceptors (Lipinski definition) is 2. The molecule has 82 valence electrons. The molecule has 0 aliphatic carbocycles. The Labute approximate surface area is 88.7 Å². The number of phenols is 1. The molecular weight excluding hydrogens is 195 g/mol. The number of benzene rings is 1. The van der Waals surface area contributed by atoms with Crippen molar-refractivity contribution in [3.8, 4) is 5.75 Å². The first-order valence-electron chi connectivity index (χ1n) is 4.81. The van der Waals surface area contributed by atoms with Gasteiger partial charge in [-0.15, -0.1) is 0 Å². The fourth-order valence-corrected chi connectivity index (χ4v) is 1.11. The van der Waals surface area contributed by atoms with E-state index >= 15 is 0 Å². The number of aromatic hydroxyl groups is 1. The first-order valence-corrected chi connectivity index (χ1v) is 4.81. The van der Waals surface area contributed by atoms with Gasteiger partial charge < -0.3 is 5.11 Å². The van der Waals surface area contributed by atoms with Crippen molar-refractivity contribution >= 4 is 5.78 Å². The highest BCUT2D eigenvalue weighted by Crippen LogP contribution is 2.21. The molecule has 0 heterocycles. The van der Waals surface area contributed by atoms with E-state index in [9.17, 15) is 9.18 Å². The second-order valence-electron chi connectivity index (χ2n) is 4.64. The molecule has 0 unspecified atom stereocenters. The molecule has 0 bridgehead atoms. The third-order valence-electron chi connectivity index (χ3n) is 2.21. The molecule has 15 heavy (non-hydrogen) atoms. The molecule has 0 saturated heterocycles. The Balaban J connectivity index is 2.83. The largest absolute Gasteiger partial charge is 0.505 e. The Morgan fingerprint density at radius 2 is 2.00 bits per heavy atom. The SMILES string of the molecule is CC(C)(C)C(=O)Cc1ccc(O)c(F)c1. The number of halogens is 1. The lowest BCUT2D eigenvalue weighted by Crippen LogP contribution is -2.22. The summed E-state index contributed by atoms with van der Waals surface area (Å²) in [4.78, 5) is 11.6. The van der Waals surface area contributed by atoms with E-state index in [1.165, 1.54) is 12.1 Å². The molecule has 1 rings (SSSR count). The van der Waals surface area contributed by atoms with Gasteiger partial charge in [-0.05, 0) is 17.7 Å². The summed E-state index contributed by atoms with van der Waals surface area (Å²) in [6, 6.07) is 4.02. The molecule has 0 atom stereocenters. The van der Waals surface area contributed by atoms with Gasteiger partial charge in [0, 0.05) is 11.8 Å². The van der Waals surface area contributed by atoms with Crippen molar-refractivity contribution in [1.82, 2.24) is 0 Å². The molecule has 0 spiro atoms. The van der Waals surface area contributed by atoms with Crippen LogP contribution in [-0.4, -0.2) is 10.9 Å². The van der Waals surface area contributed by atoms with Gasteiger partial charge in [0.05, 0.1) is 0 Å². The maximum absolute atomic E-state index is 13.0. The molecule has 0 aromatic heterocycles. The van der Waals surface area contributed by atoms with Crippen LogP contribution in [0.25, 0.3) is 0 Å². The van der Waals surface area contributed by atoms with Crippen molar-refractivity contribution in [2.75, 3.05) is 0 Å². The van der Waals surface area contributed by atoms with Crippen LogP contribution < -0.4 is 0 Å². The smallest absolute Gasteiger partial charge is 0.165 e. The molecule has 1 aromatic carbocycles. The Morgan fingerprint density at radius 1 is 1.40 bits per heavy atom. The van der Waals surface area contributed by atoms with Gasteiger partial charge in [0.1, 0.15) is 5.78 Å². The summed E-state index contributed by atoms with van der Waals surface area (Å²) in [5.74, 6) is -1.02. The fourth-order valence-electron chi connectivity index (χ4n) is 1.11. The Kier molecular flexibility index (Phi) is 3.12. The van der Waals surface area contributed by atoms with Crippen molar-refractivity contribution in [3.63, 3.8) is 0 Å². The van der Waals surface area contributed by atoms with Crippen molar-refractivity contribution in [2.45, 2.75) is 27.2 Å². The van der Waals surface area contributed by atoms with Crippen LogP contribution in [0, 0.1) is 11.2 Å². The van der Waals surface area contributed by atoms with E-state index in [1.54, 1.807) is 6.07 Å². The molecule has 0 aliphatic heterocycles. The van der Waals surface area contributed by atoms with Crippen LogP contribution in [0.3, 0.4) is 0 Å². The normalized spacial score (nSPS) is 11.5. The van der Waals surface area contributed by atoms with Gasteiger partial charge in [0.15, 0.2) is 11.6 Å². The molecule has 2 nitrogen and oxygen atoms in total. The molecule has 1 aromatic rings. The van der Waals surface area contributed by atoms with Crippen LogP contribution in [0.5, 0.6) is 5.75 Å². The number of carbonyl (C=O) groups excluding carboxylic acids is 1. The summed E-state index contributed by atoms with van der Waals surface area (Å²) in [6.07, 6.45) is 0.195. The van der Waals surface area contributed by atoms with Crippen molar-refractivity contribution in [3.05, 3.63) is 29.6 Å². The van der Waals surface area contributed by atoms with Crippen LogP contribution in [0.15, 0.2) is 18.2 Å². The van der Waals surface area contributed by atoms with Crippen LogP contribution in [0.1, 0.15) is 26.3 Å². The number of rotatable bonds is 2. The van der Waals surface area contributed by atoms with E-state index in [0.717, 1.165) is 0 Å². The van der Waals surface area contributed by atoms with E-state index in [4.69, 9.17) is 5.11 Å². The maximum Gasteiger partial charge on any atom is 0.165 e. The summed E-state index contributed by atoms with van der Waals surface area (Å²) in [7, 11) is 0. The van der Waals surface area contributed by atoms with Crippen LogP contribution in [-0.2, 0) is 11.2 Å². The van der Waals surface area contributed by atoms with E-state index in [0.29, 0.717) is 5.56 Å². The lowest BCUT2D eigenvalue weighted by Gasteiger charge is -2.16. The predicted molar refractivity (Wildman–Crippen MR) is 56.2 cm³/mol. The number of ketones is 1. The molecule has 0 aliphatic rings. The molecule has 0 fully saturated rings. The number of Topliss-reactive ketones (excluding diaryl/α,β-unsaturated/α-hetero) is 1. The molecule has 0 saturated carbocycles. The standard InChI is InChI=1S/C12H15FO2/c1-12(2,3)11(15)7-8-4-5-10(14)9(13)6-8/h4-6,14H,7H2,1-3H3. The predicted octanol–water partition coefficient (Wildman–Crippen LogP) is 2.69. The number of hydrogen-bond donors (Lipinski definition) is 1. The third kappa shape index (κ3) is 3.05. The van der Waals surface area contributed by atoms with Gasteiger partial charge in [0.2, 0.25) is 0 Å². The zero-order chi connectivity index (χ0) is 11.6. The quantitative estimate of drug-likeness (QED) is 0.814. The summed E-state index contributed by atoms with van der Waals surface area (Å²) in [6.45, 7) is 5.48. The van der Waals surface area contributed by atoms with Crippen molar-refractivity contribution in [1.29, 1.82) is 0 Å². The van der Waals surface area contributed by atoms with Crippen molar-refractivity contribution < 1.29 is 14.3 Å². The highest BCUT2D eigenvalue weighted by Gasteiger charge is 2.21. The highest BCUT2D eigenvalue weighted by atomic mass is 19.1. The van der Waals surface area contributed by atoms with E-state index < -0.39 is 11.2 Å². The van der Waals surface area contributed by atoms with Crippen LogP contribution >= 0.6 is 0 Å². The van der Waals surface area contributed by atoms with Gasteiger partial charge in [-0.25, -0.2) is 4.39 Å². The van der Waals surface area contributed by atoms with Gasteiger partial charge >= 0.3 is 0 Å². The van der Waals surface area contributed by atoms with E-state index in [-0.39, 0.29) is 18.0 Å².